The number of carbonyl (C=O) groups is 2. The van der Waals surface area contributed by atoms with E-state index in [4.69, 9.17) is 70.2 Å². The first-order valence-corrected chi connectivity index (χ1v) is 21.2. The summed E-state index contributed by atoms with van der Waals surface area (Å²) >= 11 is 0. The topological polar surface area (TPSA) is 380 Å². The van der Waals surface area contributed by atoms with Gasteiger partial charge >= 0.3 is 0 Å². The van der Waals surface area contributed by atoms with Gasteiger partial charge in [0.05, 0.1) is 31.7 Å². The summed E-state index contributed by atoms with van der Waals surface area (Å²) in [5, 5.41) is 44.5. The third-order valence-electron chi connectivity index (χ3n) is 10.8. The molecular weight excluding hydrogens is 923 g/mol. The van der Waals surface area contributed by atoms with Crippen molar-refractivity contribution in [3.05, 3.63) is 62.0 Å². The number of carbonyl (C=O) groups excluding carboxylic acids is 2. The molecule has 11 unspecified atom stereocenters. The monoisotopic (exact) mass is 994 g/mol. The molecule has 0 aromatic carbocycles. The molecule has 11 atom stereocenters. The van der Waals surface area contributed by atoms with E-state index in [-0.39, 0.29) is 25.0 Å². The predicted octanol–water partition coefficient (Wildman–Crippen LogP) is -0.557. The number of hydrogen-bond acceptors (Lipinski definition) is 26. The molecule has 7 rings (SSSR count). The first-order valence-electron chi connectivity index (χ1n) is 21.2. The third-order valence-corrected chi connectivity index (χ3v) is 10.8. The second-order valence-corrected chi connectivity index (χ2v) is 14.4. The molecule has 4 aromatic rings. The zero-order valence-electron chi connectivity index (χ0n) is 41.1. The van der Waals surface area contributed by atoms with Gasteiger partial charge in [0, 0.05) is 72.6 Å². The molecule has 4 aromatic heterocycles. The van der Waals surface area contributed by atoms with Crippen molar-refractivity contribution < 1.29 is 68.3 Å². The number of hydrogen-bond donors (Lipinski definition) is 8. The minimum Gasteiger partial charge on any atom is -0.400 e. The van der Waals surface area contributed by atoms with Crippen LogP contribution in [0.25, 0.3) is 11.2 Å². The smallest absolute Gasteiger partial charge is 0.167 e. The fourth-order valence-electron chi connectivity index (χ4n) is 7.37. The van der Waals surface area contributed by atoms with Crippen LogP contribution in [0.2, 0.25) is 0 Å². The highest BCUT2D eigenvalue weighted by Crippen LogP contribution is 2.35. The van der Waals surface area contributed by atoms with Gasteiger partial charge in [-0.25, -0.2) is 34.9 Å². The van der Waals surface area contributed by atoms with E-state index in [1.165, 1.54) is 26.1 Å². The van der Waals surface area contributed by atoms with Crippen LogP contribution in [0, 0.1) is 13.8 Å². The summed E-state index contributed by atoms with van der Waals surface area (Å²) in [5.41, 5.74) is 19.9. The van der Waals surface area contributed by atoms with Crippen LogP contribution in [0.4, 0.5) is 29.1 Å². The zero-order chi connectivity index (χ0) is 53.2. The average molecular weight is 994 g/mol. The lowest BCUT2D eigenvalue weighted by Crippen LogP contribution is -2.43. The van der Waals surface area contributed by atoms with Crippen molar-refractivity contribution in [3.8, 4) is 0 Å². The molecule has 0 amide bonds. The average Bonchev–Trinajstić information content (AvgIpc) is 4.15. The predicted molar refractivity (Wildman–Crippen MR) is 257 cm³/mol. The van der Waals surface area contributed by atoms with E-state index in [1.807, 2.05) is 34.3 Å². The van der Waals surface area contributed by atoms with Gasteiger partial charge in [-0.1, -0.05) is 20.1 Å². The standard InChI is InChI=1S/C14H22N4O3.C13H20N4O3.C12H17N5O4.2CH4O.2CH2O/c1-5-9-10(19)11(20-4)14(21-9)18(6-2)13-8(3)12(15)16-7-17-13;1-4-17(13-8(2)12(14)15-7-16-13)11-5-9(18)10(20-11)6-19-3;1-19-3-6-8(18)9(20-2)12(21-6)17-5-16-7-10(13)14-4-15-11(7)17;4*1-2/h6-7,9-11,14,19H,2,5H2,1,3-4H3,(H2,15,16,17);4,7,9-11,18H,1,5-6H2,2-3H3,(H2,14,15,16);4-6,8-9,12,18H,3H2,1-2H3,(H2,13,14,15);2*2H,1H3;2*1H2. The van der Waals surface area contributed by atoms with Crippen LogP contribution in [0.5, 0.6) is 0 Å². The summed E-state index contributed by atoms with van der Waals surface area (Å²) < 4.78 is 40.1. The molecule has 27 heteroatoms. The number of nitrogen functional groups attached to an aromatic ring is 3. The molecule has 0 aliphatic carbocycles. The number of ether oxygens (including phenoxy) is 7. The Hall–Kier alpha value is -5.95. The van der Waals surface area contributed by atoms with Crippen molar-refractivity contribution in [1.29, 1.82) is 0 Å². The summed E-state index contributed by atoms with van der Waals surface area (Å²) in [6, 6.07) is 0. The molecule has 3 saturated heterocycles. The largest absolute Gasteiger partial charge is 0.400 e. The van der Waals surface area contributed by atoms with Gasteiger partial charge in [-0.05, 0) is 20.3 Å². The van der Waals surface area contributed by atoms with Gasteiger partial charge in [-0.3, -0.25) is 4.57 Å². The van der Waals surface area contributed by atoms with E-state index < -0.39 is 49.1 Å². The maximum Gasteiger partial charge on any atom is 0.167 e. The molecule has 11 N–H and O–H groups in total. The summed E-state index contributed by atoms with van der Waals surface area (Å²) in [4.78, 5) is 48.1. The lowest BCUT2D eigenvalue weighted by atomic mass is 10.1. The van der Waals surface area contributed by atoms with Crippen LogP contribution in [-0.4, -0.2) is 196 Å². The van der Waals surface area contributed by atoms with Crippen molar-refractivity contribution in [2.24, 2.45) is 0 Å². The molecule has 70 heavy (non-hydrogen) atoms. The van der Waals surface area contributed by atoms with Gasteiger partial charge in [0.25, 0.3) is 0 Å². The van der Waals surface area contributed by atoms with E-state index in [9.17, 15) is 15.3 Å². The highest BCUT2D eigenvalue weighted by atomic mass is 16.6. The Kier molecular flexibility index (Phi) is 28.4. The lowest BCUT2D eigenvalue weighted by Gasteiger charge is -2.30. The van der Waals surface area contributed by atoms with Gasteiger partial charge in [-0.2, -0.15) is 0 Å². The maximum atomic E-state index is 10.3. The van der Waals surface area contributed by atoms with Gasteiger partial charge in [0.15, 0.2) is 23.9 Å². The third kappa shape index (κ3) is 14.8. The number of imidazole rings is 1. The number of aromatic nitrogens is 8. The Morgan fingerprint density at radius 2 is 1.17 bits per heavy atom. The first kappa shape index (κ1) is 62.1. The molecule has 0 bridgehead atoms. The second kappa shape index (κ2) is 32.0. The number of fused-ring (bicyclic) bond motifs is 1. The van der Waals surface area contributed by atoms with E-state index in [0.29, 0.717) is 59.7 Å². The van der Waals surface area contributed by atoms with Crippen molar-refractivity contribution in [2.75, 3.05) is 82.9 Å². The number of nitrogens with zero attached hydrogens (tertiary/aromatic N) is 10. The number of anilines is 5. The second-order valence-electron chi connectivity index (χ2n) is 14.4. The Balaban J connectivity index is 0.000000489. The summed E-state index contributed by atoms with van der Waals surface area (Å²) in [7, 11) is 8.18. The highest BCUT2D eigenvalue weighted by molar-refractivity contribution is 5.81. The van der Waals surface area contributed by atoms with Gasteiger partial charge in [0.2, 0.25) is 0 Å². The Morgan fingerprint density at radius 3 is 1.67 bits per heavy atom. The van der Waals surface area contributed by atoms with Gasteiger partial charge < -0.3 is 95.3 Å². The molecule has 392 valence electrons. The van der Waals surface area contributed by atoms with Crippen LogP contribution in [-0.2, 0) is 42.7 Å². The number of methoxy groups -OCH3 is 4. The molecule has 0 spiro atoms. The van der Waals surface area contributed by atoms with Crippen molar-refractivity contribution in [3.63, 3.8) is 0 Å². The van der Waals surface area contributed by atoms with Gasteiger partial charge in [-0.15, -0.1) is 0 Å². The van der Waals surface area contributed by atoms with E-state index in [0.717, 1.165) is 25.3 Å². The normalized spacial score (nSPS) is 25.0. The maximum absolute atomic E-state index is 10.3. The molecular formula is C43H71N13O14. The molecule has 3 aliphatic rings. The zero-order valence-corrected chi connectivity index (χ0v) is 41.1. The van der Waals surface area contributed by atoms with Crippen LogP contribution >= 0.6 is 0 Å². The van der Waals surface area contributed by atoms with E-state index >= 15 is 0 Å². The minimum absolute atomic E-state index is 0.265. The summed E-state index contributed by atoms with van der Waals surface area (Å²) in [6.07, 6.45) is 4.33. The van der Waals surface area contributed by atoms with Crippen molar-refractivity contribution in [1.82, 2.24) is 39.5 Å². The highest BCUT2D eigenvalue weighted by Gasteiger charge is 2.47. The van der Waals surface area contributed by atoms with Gasteiger partial charge in [0.1, 0.15) is 104 Å². The van der Waals surface area contributed by atoms with Crippen LogP contribution in [0.3, 0.4) is 0 Å². The minimum atomic E-state index is -0.809. The molecule has 0 radical (unpaired) electrons. The van der Waals surface area contributed by atoms with Crippen LogP contribution in [0.15, 0.2) is 50.9 Å². The molecule has 27 nitrogen and oxygen atoms in total. The number of rotatable bonds is 14. The van der Waals surface area contributed by atoms with Crippen molar-refractivity contribution >= 4 is 53.8 Å². The summed E-state index contributed by atoms with van der Waals surface area (Å²) in [5.74, 6) is 2.32. The SMILES string of the molecule is C=CN(c1ncnc(N)c1C)C1CC(O)C(COC)O1.C=CN(c1ncnc(N)c1C)C1OC(CC)C(O)C1OC.C=O.C=O.CO.CO.COCC1OC(n2cnc3c(N)ncnc32)C(OC)C1O. The molecule has 0 saturated carbocycles. The number of aliphatic hydroxyl groups is 5. The molecule has 3 fully saturated rings. The van der Waals surface area contributed by atoms with E-state index in [1.54, 1.807) is 54.4 Å². The molecule has 3 aliphatic heterocycles. The number of aliphatic hydroxyl groups excluding tert-OH is 5. The Morgan fingerprint density at radius 1 is 0.686 bits per heavy atom. The molecule has 7 heterocycles. The van der Waals surface area contributed by atoms with Crippen LogP contribution < -0.4 is 27.0 Å². The van der Waals surface area contributed by atoms with Crippen molar-refractivity contribution in [2.45, 2.75) is 101 Å². The Bertz CT molecular complexity index is 2130. The van der Waals surface area contributed by atoms with Crippen LogP contribution in [0.1, 0.15) is 37.1 Å². The number of nitrogens with two attached hydrogens (primary N) is 3. The quantitative estimate of drug-likeness (QED) is 0.0785. The fraction of sp³-hybridized carbons (Fsp3) is 0.558. The van der Waals surface area contributed by atoms with E-state index in [2.05, 4.69) is 48.0 Å². The first-order chi connectivity index (χ1) is 33.8. The fourth-order valence-corrected chi connectivity index (χ4v) is 7.37. The lowest BCUT2D eigenvalue weighted by molar-refractivity contribution is -0.0987. The summed E-state index contributed by atoms with van der Waals surface area (Å²) in [6.45, 7) is 17.8. The Labute approximate surface area is 406 Å².